The summed E-state index contributed by atoms with van der Waals surface area (Å²) in [5, 5.41) is 6.27. The molecular formula is C24H18FN3O3. The van der Waals surface area contributed by atoms with E-state index in [4.69, 9.17) is 4.74 Å². The van der Waals surface area contributed by atoms with Crippen molar-refractivity contribution in [2.24, 2.45) is 11.0 Å². The normalized spacial score (nSPS) is 20.1. The van der Waals surface area contributed by atoms with Crippen LogP contribution in [0.4, 0.5) is 15.8 Å². The molecule has 0 N–H and O–H groups in total. The minimum atomic E-state index is -0.838. The molecule has 0 saturated carbocycles. The average Bonchev–Trinajstić information content (AvgIpc) is 3.31. The number of anilines is 2. The summed E-state index contributed by atoms with van der Waals surface area (Å²) in [5.74, 6) is -1.50. The minimum Gasteiger partial charge on any atom is -0.497 e. The number of ether oxygens (including phenoxy) is 1. The molecule has 2 heterocycles. The van der Waals surface area contributed by atoms with Gasteiger partial charge in [-0.25, -0.2) is 9.29 Å². The Hall–Kier alpha value is -4.00. The monoisotopic (exact) mass is 415 g/mol. The third-order valence-corrected chi connectivity index (χ3v) is 5.52. The molecule has 5 rings (SSSR count). The molecule has 0 aliphatic carbocycles. The van der Waals surface area contributed by atoms with Crippen molar-refractivity contribution in [1.82, 2.24) is 0 Å². The maximum atomic E-state index is 13.8. The number of para-hydroxylation sites is 1. The number of amides is 2. The van der Waals surface area contributed by atoms with Gasteiger partial charge in [-0.1, -0.05) is 24.3 Å². The topological polar surface area (TPSA) is 62.2 Å². The fourth-order valence-electron chi connectivity index (χ4n) is 4.08. The van der Waals surface area contributed by atoms with E-state index in [-0.39, 0.29) is 5.69 Å². The molecule has 31 heavy (non-hydrogen) atoms. The lowest BCUT2D eigenvalue weighted by Crippen LogP contribution is -2.39. The summed E-state index contributed by atoms with van der Waals surface area (Å²) in [7, 11) is 1.57. The number of nitrogens with zero attached hydrogens (tertiary/aromatic N) is 3. The van der Waals surface area contributed by atoms with E-state index >= 15 is 0 Å². The fourth-order valence-corrected chi connectivity index (χ4v) is 4.08. The quantitative estimate of drug-likeness (QED) is 0.611. The molecule has 154 valence electrons. The van der Waals surface area contributed by atoms with Crippen LogP contribution in [-0.2, 0) is 9.59 Å². The number of hydrogen-bond acceptors (Lipinski definition) is 5. The van der Waals surface area contributed by atoms with Gasteiger partial charge < -0.3 is 4.74 Å². The first-order valence-electron chi connectivity index (χ1n) is 9.79. The predicted octanol–water partition coefficient (Wildman–Crippen LogP) is 3.62. The second-order valence-corrected chi connectivity index (χ2v) is 7.31. The van der Waals surface area contributed by atoms with E-state index in [2.05, 4.69) is 5.10 Å². The van der Waals surface area contributed by atoms with Gasteiger partial charge in [0, 0.05) is 0 Å². The second-order valence-electron chi connectivity index (χ2n) is 7.31. The highest BCUT2D eigenvalue weighted by molar-refractivity contribution is 6.34. The van der Waals surface area contributed by atoms with Crippen LogP contribution in [0.1, 0.15) is 5.56 Å². The molecule has 1 saturated heterocycles. The van der Waals surface area contributed by atoms with Gasteiger partial charge in [0.2, 0.25) is 5.91 Å². The van der Waals surface area contributed by atoms with Crippen LogP contribution in [0.15, 0.2) is 84.0 Å². The highest BCUT2D eigenvalue weighted by Gasteiger charge is 2.57. The number of carbonyl (C=O) groups excluding carboxylic acids is 2. The molecule has 0 bridgehead atoms. The smallest absolute Gasteiger partial charge is 0.259 e. The Bertz CT molecular complexity index is 1190. The van der Waals surface area contributed by atoms with Crippen LogP contribution < -0.4 is 14.6 Å². The summed E-state index contributed by atoms with van der Waals surface area (Å²) < 4.78 is 19.0. The first-order valence-corrected chi connectivity index (χ1v) is 9.79. The minimum absolute atomic E-state index is 0.214. The van der Waals surface area contributed by atoms with Gasteiger partial charge in [-0.3, -0.25) is 14.6 Å². The molecule has 1 fully saturated rings. The zero-order valence-corrected chi connectivity index (χ0v) is 16.6. The number of hydrazone groups is 1. The number of benzene rings is 3. The molecule has 2 amide bonds. The summed E-state index contributed by atoms with van der Waals surface area (Å²) in [5.41, 5.74) is 2.12. The summed E-state index contributed by atoms with van der Waals surface area (Å²) in [6.45, 7) is 0. The van der Waals surface area contributed by atoms with E-state index in [0.29, 0.717) is 17.1 Å². The zero-order valence-electron chi connectivity index (χ0n) is 16.6. The van der Waals surface area contributed by atoms with Crippen molar-refractivity contribution < 1.29 is 18.7 Å². The van der Waals surface area contributed by atoms with Crippen molar-refractivity contribution in [3.63, 3.8) is 0 Å². The molecule has 3 aromatic carbocycles. The van der Waals surface area contributed by atoms with Gasteiger partial charge in [-0.2, -0.15) is 5.10 Å². The molecule has 2 aliphatic heterocycles. The molecule has 2 aliphatic rings. The number of halogens is 1. The van der Waals surface area contributed by atoms with Gasteiger partial charge in [0.25, 0.3) is 5.91 Å². The first-order chi connectivity index (χ1) is 15.1. The summed E-state index contributed by atoms with van der Waals surface area (Å²) >= 11 is 0. The van der Waals surface area contributed by atoms with E-state index < -0.39 is 29.6 Å². The molecule has 0 radical (unpaired) electrons. The molecule has 0 unspecified atom stereocenters. The van der Waals surface area contributed by atoms with Crippen LogP contribution in [0.25, 0.3) is 0 Å². The van der Waals surface area contributed by atoms with E-state index in [1.54, 1.807) is 30.3 Å². The Morgan fingerprint density at radius 3 is 2.26 bits per heavy atom. The van der Waals surface area contributed by atoms with Crippen molar-refractivity contribution in [1.29, 1.82) is 0 Å². The van der Waals surface area contributed by atoms with Gasteiger partial charge in [-0.15, -0.1) is 0 Å². The highest BCUT2D eigenvalue weighted by Crippen LogP contribution is 2.39. The van der Waals surface area contributed by atoms with Crippen molar-refractivity contribution in [3.05, 3.63) is 90.2 Å². The van der Waals surface area contributed by atoms with E-state index in [9.17, 15) is 14.0 Å². The van der Waals surface area contributed by atoms with Gasteiger partial charge in [0.1, 0.15) is 23.5 Å². The largest absolute Gasteiger partial charge is 0.497 e. The van der Waals surface area contributed by atoms with Gasteiger partial charge in [0.05, 0.1) is 24.2 Å². The third kappa shape index (κ3) is 3.06. The number of methoxy groups -OCH3 is 1. The number of imide groups is 1. The van der Waals surface area contributed by atoms with Crippen LogP contribution in [0, 0.1) is 11.7 Å². The molecule has 3 aromatic rings. The lowest BCUT2D eigenvalue weighted by atomic mass is 9.93. The maximum absolute atomic E-state index is 13.8. The standard InChI is InChI=1S/C24H18FN3O3/c1-31-19-12-10-15(11-13-19)21-20-22(28(26-21)17-7-3-2-4-8-17)24(30)27(23(20)29)18-9-5-6-16(25)14-18/h2-14,20,22H,1H3/t20-,22+/m0/s1. The molecule has 0 spiro atoms. The lowest BCUT2D eigenvalue weighted by Gasteiger charge is -2.22. The van der Waals surface area contributed by atoms with E-state index in [0.717, 1.165) is 10.5 Å². The average molecular weight is 415 g/mol. The number of carbonyl (C=O) groups is 2. The summed E-state index contributed by atoms with van der Waals surface area (Å²) in [6.07, 6.45) is 0. The summed E-state index contributed by atoms with van der Waals surface area (Å²) in [4.78, 5) is 27.9. The molecule has 6 nitrogen and oxygen atoms in total. The Labute approximate surface area is 178 Å². The fraction of sp³-hybridized carbons (Fsp3) is 0.125. The second kappa shape index (κ2) is 7.36. The molecule has 0 aromatic heterocycles. The van der Waals surface area contributed by atoms with E-state index in [1.165, 1.54) is 18.2 Å². The number of rotatable bonds is 4. The Balaban J connectivity index is 1.62. The van der Waals surface area contributed by atoms with E-state index in [1.807, 2.05) is 42.5 Å². The Morgan fingerprint density at radius 2 is 1.58 bits per heavy atom. The third-order valence-electron chi connectivity index (χ3n) is 5.52. The lowest BCUT2D eigenvalue weighted by molar-refractivity contribution is -0.121. The highest BCUT2D eigenvalue weighted by atomic mass is 19.1. The maximum Gasteiger partial charge on any atom is 0.259 e. The zero-order chi connectivity index (χ0) is 21.5. The molecule has 2 atom stereocenters. The molecular weight excluding hydrogens is 397 g/mol. The number of fused-ring (bicyclic) bond motifs is 1. The first kappa shape index (κ1) is 19.0. The number of hydrogen-bond donors (Lipinski definition) is 0. The van der Waals surface area contributed by atoms with Gasteiger partial charge in [0.15, 0.2) is 0 Å². The van der Waals surface area contributed by atoms with Crippen LogP contribution in [0.5, 0.6) is 5.75 Å². The van der Waals surface area contributed by atoms with Gasteiger partial charge in [-0.05, 0) is 60.2 Å². The summed E-state index contributed by atoms with van der Waals surface area (Å²) in [6, 6.07) is 21.1. The van der Waals surface area contributed by atoms with Crippen molar-refractivity contribution in [3.8, 4) is 5.75 Å². The Kier molecular flexibility index (Phi) is 4.51. The van der Waals surface area contributed by atoms with Crippen molar-refractivity contribution >= 4 is 28.9 Å². The van der Waals surface area contributed by atoms with Crippen LogP contribution in [0.2, 0.25) is 0 Å². The Morgan fingerprint density at radius 1 is 0.871 bits per heavy atom. The van der Waals surface area contributed by atoms with Crippen LogP contribution in [-0.4, -0.2) is 30.7 Å². The van der Waals surface area contributed by atoms with Crippen LogP contribution >= 0.6 is 0 Å². The SMILES string of the molecule is COc1ccc(C2=NN(c3ccccc3)[C@H]3C(=O)N(c4cccc(F)c4)C(=O)[C@@H]23)cc1. The van der Waals surface area contributed by atoms with Gasteiger partial charge >= 0.3 is 0 Å². The van der Waals surface area contributed by atoms with Crippen molar-refractivity contribution in [2.45, 2.75) is 6.04 Å². The van der Waals surface area contributed by atoms with Crippen molar-refractivity contribution in [2.75, 3.05) is 17.0 Å². The van der Waals surface area contributed by atoms with Crippen LogP contribution in [0.3, 0.4) is 0 Å². The predicted molar refractivity (Wildman–Crippen MR) is 115 cm³/mol. The molecule has 7 heteroatoms.